The number of ether oxygens (including phenoxy) is 1. The Morgan fingerprint density at radius 1 is 1.35 bits per heavy atom. The van der Waals surface area contributed by atoms with Gasteiger partial charge >= 0.3 is 12.1 Å². The van der Waals surface area contributed by atoms with Gasteiger partial charge in [-0.2, -0.15) is 0 Å². The fourth-order valence-corrected chi connectivity index (χ4v) is 2.48. The summed E-state index contributed by atoms with van der Waals surface area (Å²) < 4.78 is 19.1. The molecule has 1 rings (SSSR count). The van der Waals surface area contributed by atoms with Crippen LogP contribution in [-0.2, 0) is 9.53 Å². The van der Waals surface area contributed by atoms with Crippen LogP contribution in [0.15, 0.2) is 0 Å². The predicted molar refractivity (Wildman–Crippen MR) is 72.3 cm³/mol. The highest BCUT2D eigenvalue weighted by molar-refractivity contribution is 5.69. The predicted octanol–water partition coefficient (Wildman–Crippen LogP) is 2.84. The van der Waals surface area contributed by atoms with Gasteiger partial charge in [0.25, 0.3) is 0 Å². The van der Waals surface area contributed by atoms with Crippen LogP contribution < -0.4 is 0 Å². The van der Waals surface area contributed by atoms with Crippen LogP contribution in [0.5, 0.6) is 0 Å². The van der Waals surface area contributed by atoms with Crippen LogP contribution in [0.1, 0.15) is 47.0 Å². The summed E-state index contributed by atoms with van der Waals surface area (Å²) >= 11 is 0. The maximum atomic E-state index is 13.8. The van der Waals surface area contributed by atoms with E-state index in [9.17, 15) is 14.0 Å². The molecule has 116 valence electrons. The number of amides is 1. The second-order valence-electron chi connectivity index (χ2n) is 6.52. The zero-order chi connectivity index (χ0) is 15.6. The van der Waals surface area contributed by atoms with E-state index in [2.05, 4.69) is 0 Å². The summed E-state index contributed by atoms with van der Waals surface area (Å²) in [5.74, 6) is -1.000. The molecule has 20 heavy (non-hydrogen) atoms. The second kappa shape index (κ2) is 5.97. The molecule has 1 unspecified atom stereocenters. The van der Waals surface area contributed by atoms with Gasteiger partial charge in [-0.25, -0.2) is 9.18 Å². The highest BCUT2D eigenvalue weighted by Crippen LogP contribution is 2.40. The molecule has 0 spiro atoms. The Morgan fingerprint density at radius 2 is 1.85 bits per heavy atom. The van der Waals surface area contributed by atoms with E-state index in [1.807, 2.05) is 0 Å². The van der Waals surface area contributed by atoms with E-state index in [4.69, 9.17) is 9.84 Å². The van der Waals surface area contributed by atoms with Gasteiger partial charge in [0, 0.05) is 18.5 Å². The highest BCUT2D eigenvalue weighted by Gasteiger charge is 2.43. The quantitative estimate of drug-likeness (QED) is 0.867. The van der Waals surface area contributed by atoms with Crippen LogP contribution in [0.2, 0.25) is 0 Å². The molecule has 1 saturated heterocycles. The third-order valence-corrected chi connectivity index (χ3v) is 3.76. The largest absolute Gasteiger partial charge is 0.481 e. The van der Waals surface area contributed by atoms with Crippen LogP contribution in [-0.4, -0.2) is 46.9 Å². The minimum absolute atomic E-state index is 0.202. The van der Waals surface area contributed by atoms with Crippen molar-refractivity contribution < 1.29 is 23.8 Å². The number of halogens is 1. The van der Waals surface area contributed by atoms with Crippen molar-refractivity contribution in [2.45, 2.75) is 58.7 Å². The van der Waals surface area contributed by atoms with E-state index >= 15 is 0 Å². The van der Waals surface area contributed by atoms with Gasteiger partial charge in [0.05, 0.1) is 6.42 Å². The first-order valence-corrected chi connectivity index (χ1v) is 6.89. The summed E-state index contributed by atoms with van der Waals surface area (Å²) in [5, 5.41) is 8.94. The molecule has 6 heteroatoms. The van der Waals surface area contributed by atoms with E-state index in [0.717, 1.165) is 0 Å². The maximum Gasteiger partial charge on any atom is 0.410 e. The van der Waals surface area contributed by atoms with Gasteiger partial charge in [-0.3, -0.25) is 4.79 Å². The van der Waals surface area contributed by atoms with E-state index in [0.29, 0.717) is 25.9 Å². The summed E-state index contributed by atoms with van der Waals surface area (Å²) in [5.41, 5.74) is -1.44. The molecule has 1 amide bonds. The second-order valence-corrected chi connectivity index (χ2v) is 6.52. The molecule has 1 aliphatic rings. The minimum Gasteiger partial charge on any atom is -0.481 e. The summed E-state index contributed by atoms with van der Waals surface area (Å²) in [4.78, 5) is 24.3. The standard InChI is InChI=1S/C14H24FNO4/c1-10(15)14(9-11(17)18)5-7-16(8-6-14)12(19)20-13(2,3)4/h10H,5-9H2,1-4H3,(H,17,18). The van der Waals surface area contributed by atoms with Crippen molar-refractivity contribution in [3.63, 3.8) is 0 Å². The zero-order valence-corrected chi connectivity index (χ0v) is 12.6. The normalized spacial score (nSPS) is 20.4. The topological polar surface area (TPSA) is 66.8 Å². The van der Waals surface area contributed by atoms with Gasteiger partial charge in [-0.05, 0) is 40.5 Å². The lowest BCUT2D eigenvalue weighted by Gasteiger charge is -2.42. The molecular formula is C14H24FNO4. The Kier molecular flexibility index (Phi) is 5.00. The number of nitrogens with zero attached hydrogens (tertiary/aromatic N) is 1. The molecule has 1 atom stereocenters. The molecule has 1 N–H and O–H groups in total. The molecule has 1 heterocycles. The third-order valence-electron chi connectivity index (χ3n) is 3.76. The SMILES string of the molecule is CC(F)C1(CC(=O)O)CCN(C(=O)OC(C)(C)C)CC1. The van der Waals surface area contributed by atoms with E-state index in [1.165, 1.54) is 11.8 Å². The number of alkyl halides is 1. The smallest absolute Gasteiger partial charge is 0.410 e. The number of hydrogen-bond acceptors (Lipinski definition) is 3. The lowest BCUT2D eigenvalue weighted by molar-refractivity contribution is -0.142. The Balaban J connectivity index is 2.65. The van der Waals surface area contributed by atoms with Gasteiger partial charge in [-0.1, -0.05) is 0 Å². The van der Waals surface area contributed by atoms with Crippen LogP contribution in [0, 0.1) is 5.41 Å². The summed E-state index contributed by atoms with van der Waals surface area (Å²) in [6.07, 6.45) is -1.15. The lowest BCUT2D eigenvalue weighted by Crippen LogP contribution is -2.48. The van der Waals surface area contributed by atoms with Gasteiger partial charge in [0.1, 0.15) is 11.8 Å². The van der Waals surface area contributed by atoms with Crippen molar-refractivity contribution in [1.82, 2.24) is 4.90 Å². The van der Waals surface area contributed by atoms with Crippen molar-refractivity contribution in [2.24, 2.45) is 5.41 Å². The van der Waals surface area contributed by atoms with Crippen molar-refractivity contribution in [3.8, 4) is 0 Å². The number of carboxylic acid groups (broad SMARTS) is 1. The van der Waals surface area contributed by atoms with Crippen molar-refractivity contribution >= 4 is 12.1 Å². The summed E-state index contributed by atoms with van der Waals surface area (Å²) in [6, 6.07) is 0. The van der Waals surface area contributed by atoms with Crippen molar-refractivity contribution in [2.75, 3.05) is 13.1 Å². The van der Waals surface area contributed by atoms with Crippen LogP contribution >= 0.6 is 0 Å². The molecule has 0 aliphatic carbocycles. The van der Waals surface area contributed by atoms with Crippen molar-refractivity contribution in [1.29, 1.82) is 0 Å². The first-order chi connectivity index (χ1) is 9.06. The molecule has 1 aliphatic heterocycles. The lowest BCUT2D eigenvalue weighted by atomic mass is 9.72. The molecule has 5 nitrogen and oxygen atoms in total. The fraction of sp³-hybridized carbons (Fsp3) is 0.857. The third kappa shape index (κ3) is 4.35. The van der Waals surface area contributed by atoms with Gasteiger partial charge in [0.15, 0.2) is 0 Å². The van der Waals surface area contributed by atoms with Crippen molar-refractivity contribution in [3.05, 3.63) is 0 Å². The van der Waals surface area contributed by atoms with Crippen LogP contribution in [0.4, 0.5) is 9.18 Å². The van der Waals surface area contributed by atoms with E-state index in [-0.39, 0.29) is 6.42 Å². The Labute approximate surface area is 119 Å². The Bertz CT molecular complexity index is 368. The number of likely N-dealkylation sites (tertiary alicyclic amines) is 1. The van der Waals surface area contributed by atoms with Crippen LogP contribution in [0.25, 0.3) is 0 Å². The summed E-state index contributed by atoms with van der Waals surface area (Å²) in [6.45, 7) is 7.41. The molecule has 1 fully saturated rings. The monoisotopic (exact) mass is 289 g/mol. The number of hydrogen-bond donors (Lipinski definition) is 1. The number of carbonyl (C=O) groups excluding carboxylic acids is 1. The van der Waals surface area contributed by atoms with Gasteiger partial charge < -0.3 is 14.7 Å². The molecule has 0 aromatic rings. The number of rotatable bonds is 3. The summed E-state index contributed by atoms with van der Waals surface area (Å²) in [7, 11) is 0. The average molecular weight is 289 g/mol. The Morgan fingerprint density at radius 3 is 2.20 bits per heavy atom. The molecular weight excluding hydrogens is 265 g/mol. The zero-order valence-electron chi connectivity index (χ0n) is 12.6. The number of aliphatic carboxylic acids is 1. The molecule has 0 aromatic heterocycles. The highest BCUT2D eigenvalue weighted by atomic mass is 19.1. The first-order valence-electron chi connectivity index (χ1n) is 6.89. The molecule has 0 saturated carbocycles. The van der Waals surface area contributed by atoms with E-state index < -0.39 is 29.3 Å². The fourth-order valence-electron chi connectivity index (χ4n) is 2.48. The molecule has 0 bridgehead atoms. The number of carbonyl (C=O) groups is 2. The van der Waals surface area contributed by atoms with Crippen LogP contribution in [0.3, 0.4) is 0 Å². The van der Waals surface area contributed by atoms with Gasteiger partial charge in [0.2, 0.25) is 0 Å². The Hall–Kier alpha value is -1.33. The molecule has 0 aromatic carbocycles. The molecule has 0 radical (unpaired) electrons. The maximum absolute atomic E-state index is 13.8. The van der Waals surface area contributed by atoms with E-state index in [1.54, 1.807) is 20.8 Å². The number of piperidine rings is 1. The number of carboxylic acids is 1. The minimum atomic E-state index is -1.21. The average Bonchev–Trinajstić information content (AvgIpc) is 2.26. The first kappa shape index (κ1) is 16.7. The van der Waals surface area contributed by atoms with Gasteiger partial charge in [-0.15, -0.1) is 0 Å².